The molecule has 10 heteroatoms. The lowest BCUT2D eigenvalue weighted by atomic mass is 9.81. The summed E-state index contributed by atoms with van der Waals surface area (Å²) in [5, 5.41) is 18.2. The van der Waals surface area contributed by atoms with Crippen molar-refractivity contribution in [3.8, 4) is 0 Å². The first-order chi connectivity index (χ1) is 18.5. The van der Waals surface area contributed by atoms with Crippen LogP contribution in [0.25, 0.3) is 0 Å². The lowest BCUT2D eigenvalue weighted by Gasteiger charge is -2.33. The summed E-state index contributed by atoms with van der Waals surface area (Å²) in [6, 6.07) is 9.79. The summed E-state index contributed by atoms with van der Waals surface area (Å²) < 4.78 is 30.2. The first-order valence-corrected chi connectivity index (χ1v) is 12.9. The van der Waals surface area contributed by atoms with E-state index >= 15 is 8.78 Å². The topological polar surface area (TPSA) is 111 Å². The van der Waals surface area contributed by atoms with E-state index in [1.165, 1.54) is 24.8 Å². The molecule has 8 nitrogen and oxygen atoms in total. The molecule has 1 fully saturated rings. The van der Waals surface area contributed by atoms with Crippen LogP contribution >= 0.6 is 0 Å². The van der Waals surface area contributed by atoms with Crippen molar-refractivity contribution >= 4 is 29.0 Å². The first-order valence-electron chi connectivity index (χ1n) is 12.9. The number of hydrogen-bond donors (Lipinski definition) is 4. The molecule has 2 atom stereocenters. The van der Waals surface area contributed by atoms with E-state index in [-0.39, 0.29) is 13.0 Å². The van der Waals surface area contributed by atoms with E-state index in [0.717, 1.165) is 11.3 Å². The van der Waals surface area contributed by atoms with E-state index in [9.17, 15) is 19.5 Å². The van der Waals surface area contributed by atoms with Gasteiger partial charge in [-0.1, -0.05) is 38.1 Å². The highest BCUT2D eigenvalue weighted by molar-refractivity contribution is 6.00. The van der Waals surface area contributed by atoms with Gasteiger partial charge >= 0.3 is 0 Å². The lowest BCUT2D eigenvalue weighted by molar-refractivity contribution is -0.130. The van der Waals surface area contributed by atoms with Gasteiger partial charge in [-0.3, -0.25) is 14.4 Å². The van der Waals surface area contributed by atoms with Gasteiger partial charge in [-0.25, -0.2) is 8.78 Å². The van der Waals surface area contributed by atoms with Gasteiger partial charge < -0.3 is 26.0 Å². The lowest BCUT2D eigenvalue weighted by Crippen LogP contribution is -2.51. The van der Waals surface area contributed by atoms with Gasteiger partial charge in [-0.15, -0.1) is 6.58 Å². The molecule has 1 saturated heterocycles. The summed E-state index contributed by atoms with van der Waals surface area (Å²) in [6.07, 6.45) is 2.20. The number of halogens is 2. The predicted octanol–water partition coefficient (Wildman–Crippen LogP) is 2.71. The standard InChI is InChI=1S/C29H34F2N4O4/c1-4-12-33-27(39)25-28(2,3)29(30,31)17-35(25)19-8-5-7-18(14-19)15-23(24(37)16-36)34-26(38)21-9-6-10-22-20(21)11-13-32-22/h4-10,14,23,25,32,36H,1,11-13,15-17H2,2-3H3,(H,33,39)(H,34,38)/t23-,25+/m0/s1. The molecular formula is C29H34F2N4O4. The summed E-state index contributed by atoms with van der Waals surface area (Å²) in [5.41, 5.74) is 1.52. The van der Waals surface area contributed by atoms with Gasteiger partial charge in [0.25, 0.3) is 11.8 Å². The second-order valence-electron chi connectivity index (χ2n) is 10.5. The predicted molar refractivity (Wildman–Crippen MR) is 145 cm³/mol. The van der Waals surface area contributed by atoms with Gasteiger partial charge in [-0.2, -0.15) is 0 Å². The van der Waals surface area contributed by atoms with Crippen molar-refractivity contribution in [2.24, 2.45) is 5.41 Å². The third-order valence-electron chi connectivity index (χ3n) is 7.62. The molecule has 0 aromatic heterocycles. The summed E-state index contributed by atoms with van der Waals surface area (Å²) in [6.45, 7) is 5.75. The zero-order valence-electron chi connectivity index (χ0n) is 22.1. The Balaban J connectivity index is 1.59. The molecule has 4 rings (SSSR count). The summed E-state index contributed by atoms with van der Waals surface area (Å²) >= 11 is 0. The Kier molecular flexibility index (Phi) is 8.06. The van der Waals surface area contributed by atoms with Crippen molar-refractivity contribution in [1.82, 2.24) is 10.6 Å². The Morgan fingerprint density at radius 2 is 1.97 bits per heavy atom. The number of hydrogen-bond acceptors (Lipinski definition) is 6. The van der Waals surface area contributed by atoms with Crippen LogP contribution in [-0.2, 0) is 22.4 Å². The van der Waals surface area contributed by atoms with Crippen LogP contribution in [0.15, 0.2) is 55.1 Å². The largest absolute Gasteiger partial charge is 0.389 e. The Morgan fingerprint density at radius 3 is 2.69 bits per heavy atom. The quantitative estimate of drug-likeness (QED) is 0.345. The highest BCUT2D eigenvalue weighted by Crippen LogP contribution is 2.49. The van der Waals surface area contributed by atoms with Crippen LogP contribution in [0.2, 0.25) is 0 Å². The number of fused-ring (bicyclic) bond motifs is 1. The van der Waals surface area contributed by atoms with Crippen molar-refractivity contribution in [3.05, 3.63) is 71.8 Å². The van der Waals surface area contributed by atoms with Crippen LogP contribution < -0.4 is 20.9 Å². The number of aliphatic hydroxyl groups excluding tert-OH is 1. The van der Waals surface area contributed by atoms with Crippen LogP contribution in [-0.4, -0.2) is 67.0 Å². The fourth-order valence-electron chi connectivity index (χ4n) is 5.32. The van der Waals surface area contributed by atoms with Crippen LogP contribution in [0.1, 0.15) is 35.3 Å². The van der Waals surface area contributed by atoms with Gasteiger partial charge in [0.15, 0.2) is 5.78 Å². The molecule has 2 aromatic carbocycles. The molecule has 2 heterocycles. The third-order valence-corrected chi connectivity index (χ3v) is 7.62. The van der Waals surface area contributed by atoms with Gasteiger partial charge in [-0.05, 0) is 48.2 Å². The van der Waals surface area contributed by atoms with Crippen molar-refractivity contribution in [1.29, 1.82) is 0 Å². The highest BCUT2D eigenvalue weighted by Gasteiger charge is 2.62. The number of carbonyl (C=O) groups excluding carboxylic acids is 3. The maximum atomic E-state index is 15.1. The van der Waals surface area contributed by atoms with E-state index < -0.39 is 54.2 Å². The summed E-state index contributed by atoms with van der Waals surface area (Å²) in [7, 11) is 0. The van der Waals surface area contributed by atoms with E-state index in [2.05, 4.69) is 22.5 Å². The minimum absolute atomic E-state index is 0.0349. The second kappa shape index (κ2) is 11.1. The maximum absolute atomic E-state index is 15.1. The van der Waals surface area contributed by atoms with Crippen LogP contribution in [0.4, 0.5) is 20.2 Å². The molecule has 4 N–H and O–H groups in total. The zero-order valence-corrected chi connectivity index (χ0v) is 22.1. The SMILES string of the molecule is C=CCNC(=O)[C@H]1N(c2cccc(C[C@H](NC(=O)c3cccc4c3CCN4)C(=O)CO)c2)CC(F)(F)C1(C)C. The molecule has 2 aliphatic rings. The number of nitrogens with one attached hydrogen (secondary N) is 3. The average Bonchev–Trinajstić information content (AvgIpc) is 3.46. The summed E-state index contributed by atoms with van der Waals surface area (Å²) in [4.78, 5) is 40.1. The molecule has 39 heavy (non-hydrogen) atoms. The van der Waals surface area contributed by atoms with E-state index in [1.807, 2.05) is 6.07 Å². The molecule has 0 radical (unpaired) electrons. The normalized spacial score (nSPS) is 19.5. The van der Waals surface area contributed by atoms with Crippen LogP contribution in [0.3, 0.4) is 0 Å². The smallest absolute Gasteiger partial charge is 0.272 e. The van der Waals surface area contributed by atoms with Crippen molar-refractivity contribution in [2.75, 3.05) is 36.5 Å². The summed E-state index contributed by atoms with van der Waals surface area (Å²) in [5.74, 6) is -4.69. The number of aliphatic hydroxyl groups is 1. The number of nitrogens with zero attached hydrogens (tertiary/aromatic N) is 1. The van der Waals surface area contributed by atoms with Gasteiger partial charge in [0.2, 0.25) is 5.91 Å². The van der Waals surface area contributed by atoms with Crippen LogP contribution in [0.5, 0.6) is 0 Å². The molecule has 0 unspecified atom stereocenters. The van der Waals surface area contributed by atoms with Gasteiger partial charge in [0.1, 0.15) is 12.6 Å². The molecule has 0 saturated carbocycles. The Hall–Kier alpha value is -3.79. The number of carbonyl (C=O) groups is 3. The molecule has 0 spiro atoms. The van der Waals surface area contributed by atoms with E-state index in [1.54, 1.807) is 36.4 Å². The molecule has 0 bridgehead atoms. The van der Waals surface area contributed by atoms with Crippen molar-refractivity contribution < 1.29 is 28.3 Å². The number of benzene rings is 2. The number of alkyl halides is 2. The monoisotopic (exact) mass is 540 g/mol. The molecular weight excluding hydrogens is 506 g/mol. The minimum atomic E-state index is -3.15. The van der Waals surface area contributed by atoms with E-state index in [4.69, 9.17) is 0 Å². The number of amides is 2. The first kappa shape index (κ1) is 28.2. The molecule has 2 aliphatic heterocycles. The van der Waals surface area contributed by atoms with Crippen molar-refractivity contribution in [2.45, 2.75) is 44.7 Å². The molecule has 2 amide bonds. The Morgan fingerprint density at radius 1 is 1.23 bits per heavy atom. The second-order valence-corrected chi connectivity index (χ2v) is 10.5. The fraction of sp³-hybridized carbons (Fsp3) is 0.414. The third kappa shape index (κ3) is 5.52. The number of ketones is 1. The number of anilines is 2. The maximum Gasteiger partial charge on any atom is 0.272 e. The van der Waals surface area contributed by atoms with E-state index in [0.29, 0.717) is 29.8 Å². The fourth-order valence-corrected chi connectivity index (χ4v) is 5.32. The van der Waals surface area contributed by atoms with Crippen molar-refractivity contribution in [3.63, 3.8) is 0 Å². The minimum Gasteiger partial charge on any atom is -0.389 e. The molecule has 0 aliphatic carbocycles. The number of Topliss-reactive ketones (excluding diaryl/α,β-unsaturated/α-hetero) is 1. The average molecular weight is 541 g/mol. The Bertz CT molecular complexity index is 1280. The zero-order chi connectivity index (χ0) is 28.4. The Labute approximate surface area is 226 Å². The van der Waals surface area contributed by atoms with Gasteiger partial charge in [0.05, 0.1) is 18.0 Å². The highest BCUT2D eigenvalue weighted by atomic mass is 19.3. The van der Waals surface area contributed by atoms with Crippen LogP contribution in [0, 0.1) is 5.41 Å². The number of rotatable bonds is 10. The molecule has 2 aromatic rings. The van der Waals surface area contributed by atoms with Gasteiger partial charge in [0, 0.05) is 30.0 Å². The molecule has 208 valence electrons.